The van der Waals surface area contributed by atoms with Crippen LogP contribution in [0.25, 0.3) is 11.1 Å². The van der Waals surface area contributed by atoms with Crippen molar-refractivity contribution in [1.29, 1.82) is 0 Å². The average Bonchev–Trinajstić information content (AvgIpc) is 3.22. The number of aryl methyl sites for hydroxylation is 2. The lowest BCUT2D eigenvalue weighted by molar-refractivity contribution is -0.137. The van der Waals surface area contributed by atoms with Gasteiger partial charge in [-0.25, -0.2) is 17.8 Å². The number of nitrogens with zero attached hydrogens (tertiary/aromatic N) is 1. The van der Waals surface area contributed by atoms with Crippen LogP contribution in [0.2, 0.25) is 0 Å². The molecule has 2 aromatic carbocycles. The Kier molecular flexibility index (Phi) is 8.62. The number of hydrogen-bond donors (Lipinski definition) is 1. The standard InChI is InChI=1S/C28H30FNO6S2/c1-17-9-21(35-7-4-8-38(3,33)34)10-18(2)28(17)22-11-19(5-6-24(22)29)15-36-26-13-25-23(14-30-26)20(16-37-25)12-27(31)32/h5-6,9-11,13-14,20H,4,7-8,12,15-16H2,1-3H3,(H,31,32). The second-order valence-electron chi connectivity index (χ2n) is 9.53. The fourth-order valence-electron chi connectivity index (χ4n) is 4.55. The number of pyridine rings is 1. The maximum Gasteiger partial charge on any atom is 0.303 e. The molecule has 3 aromatic rings. The molecule has 2 heterocycles. The van der Waals surface area contributed by atoms with Crippen LogP contribution in [0.15, 0.2) is 47.5 Å². The van der Waals surface area contributed by atoms with E-state index in [1.807, 2.05) is 32.0 Å². The highest BCUT2D eigenvalue weighted by Crippen LogP contribution is 2.42. The molecule has 0 bridgehead atoms. The Morgan fingerprint density at radius 3 is 2.58 bits per heavy atom. The highest BCUT2D eigenvalue weighted by atomic mass is 32.2. The Balaban J connectivity index is 1.46. The SMILES string of the molecule is Cc1cc(OCCCS(C)(=O)=O)cc(C)c1-c1cc(COc2cc3c(cn2)C(CC(=O)O)CS3)ccc1F. The summed E-state index contributed by atoms with van der Waals surface area (Å²) < 4.78 is 49.2. The predicted molar refractivity (Wildman–Crippen MR) is 145 cm³/mol. The van der Waals surface area contributed by atoms with E-state index in [1.54, 1.807) is 30.1 Å². The first kappa shape index (κ1) is 27.9. The summed E-state index contributed by atoms with van der Waals surface area (Å²) in [5.74, 6) is 0.591. The van der Waals surface area contributed by atoms with Gasteiger partial charge < -0.3 is 14.6 Å². The zero-order valence-corrected chi connectivity index (χ0v) is 23.1. The molecule has 0 fully saturated rings. The summed E-state index contributed by atoms with van der Waals surface area (Å²) in [5.41, 5.74) is 4.62. The topological polar surface area (TPSA) is 103 Å². The molecule has 0 saturated heterocycles. The Hall–Kier alpha value is -3.11. The van der Waals surface area contributed by atoms with Crippen molar-refractivity contribution in [1.82, 2.24) is 4.98 Å². The number of ether oxygens (including phenoxy) is 2. The van der Waals surface area contributed by atoms with Gasteiger partial charge in [0.15, 0.2) is 0 Å². The number of thioether (sulfide) groups is 1. The van der Waals surface area contributed by atoms with Crippen molar-refractivity contribution in [3.8, 4) is 22.8 Å². The number of halogens is 1. The van der Waals surface area contributed by atoms with Crippen LogP contribution in [0.1, 0.15) is 41.0 Å². The van der Waals surface area contributed by atoms with Crippen molar-refractivity contribution in [2.75, 3.05) is 24.4 Å². The maximum absolute atomic E-state index is 14.9. The van der Waals surface area contributed by atoms with E-state index in [4.69, 9.17) is 14.6 Å². The fraction of sp³-hybridized carbons (Fsp3) is 0.357. The maximum atomic E-state index is 14.9. The third-order valence-electron chi connectivity index (χ3n) is 6.29. The largest absolute Gasteiger partial charge is 0.494 e. The van der Waals surface area contributed by atoms with Gasteiger partial charge in [-0.05, 0) is 72.4 Å². The molecular formula is C28H30FNO6S2. The number of carboxylic acid groups (broad SMARTS) is 1. The summed E-state index contributed by atoms with van der Waals surface area (Å²) >= 11 is 1.60. The minimum Gasteiger partial charge on any atom is -0.494 e. The number of sulfone groups is 1. The van der Waals surface area contributed by atoms with E-state index in [0.29, 0.717) is 29.4 Å². The second-order valence-corrected chi connectivity index (χ2v) is 12.9. The molecule has 1 aliphatic heterocycles. The minimum absolute atomic E-state index is 0.0514. The van der Waals surface area contributed by atoms with Gasteiger partial charge in [-0.2, -0.15) is 0 Å². The van der Waals surface area contributed by atoms with Gasteiger partial charge in [0, 0.05) is 40.6 Å². The van der Waals surface area contributed by atoms with Gasteiger partial charge in [0.05, 0.1) is 18.8 Å². The van der Waals surface area contributed by atoms with Crippen molar-refractivity contribution in [3.63, 3.8) is 0 Å². The molecule has 0 radical (unpaired) electrons. The lowest BCUT2D eigenvalue weighted by Gasteiger charge is -2.16. The Labute approximate surface area is 226 Å². The molecule has 7 nitrogen and oxygen atoms in total. The highest BCUT2D eigenvalue weighted by Gasteiger charge is 2.26. The van der Waals surface area contributed by atoms with E-state index in [0.717, 1.165) is 32.7 Å². The number of carbonyl (C=O) groups is 1. The third kappa shape index (κ3) is 7.05. The molecule has 1 unspecified atom stereocenters. The summed E-state index contributed by atoms with van der Waals surface area (Å²) in [7, 11) is -3.03. The van der Waals surface area contributed by atoms with Crippen LogP contribution in [0.4, 0.5) is 4.39 Å². The third-order valence-corrected chi connectivity index (χ3v) is 8.56. The molecule has 0 saturated carbocycles. The van der Waals surface area contributed by atoms with Crippen LogP contribution in [0, 0.1) is 19.7 Å². The molecule has 0 aliphatic carbocycles. The summed E-state index contributed by atoms with van der Waals surface area (Å²) in [6.07, 6.45) is 3.36. The van der Waals surface area contributed by atoms with Gasteiger partial charge in [-0.1, -0.05) is 6.07 Å². The Bertz CT molecular complexity index is 1430. The van der Waals surface area contributed by atoms with Crippen LogP contribution in [0.3, 0.4) is 0 Å². The lowest BCUT2D eigenvalue weighted by Crippen LogP contribution is -2.08. The number of fused-ring (bicyclic) bond motifs is 1. The van der Waals surface area contributed by atoms with Gasteiger partial charge in [-0.3, -0.25) is 4.79 Å². The van der Waals surface area contributed by atoms with Crippen LogP contribution >= 0.6 is 11.8 Å². The molecular weight excluding hydrogens is 529 g/mol. The van der Waals surface area contributed by atoms with Crippen molar-refractivity contribution < 1.29 is 32.2 Å². The number of benzene rings is 2. The van der Waals surface area contributed by atoms with E-state index in [9.17, 15) is 17.6 Å². The first-order chi connectivity index (χ1) is 18.0. The molecule has 1 N–H and O–H groups in total. The van der Waals surface area contributed by atoms with Crippen LogP contribution in [-0.4, -0.2) is 48.8 Å². The van der Waals surface area contributed by atoms with E-state index in [2.05, 4.69) is 4.98 Å². The van der Waals surface area contributed by atoms with Gasteiger partial charge in [0.25, 0.3) is 0 Å². The first-order valence-corrected chi connectivity index (χ1v) is 15.2. The monoisotopic (exact) mass is 559 g/mol. The van der Waals surface area contributed by atoms with Crippen molar-refractivity contribution >= 4 is 27.6 Å². The number of carboxylic acids is 1. The molecule has 202 valence electrons. The molecule has 38 heavy (non-hydrogen) atoms. The average molecular weight is 560 g/mol. The number of aromatic nitrogens is 1. The normalized spacial score (nSPS) is 14.8. The molecule has 0 amide bonds. The zero-order chi connectivity index (χ0) is 27.4. The smallest absolute Gasteiger partial charge is 0.303 e. The van der Waals surface area contributed by atoms with Gasteiger partial charge in [-0.15, -0.1) is 11.8 Å². The van der Waals surface area contributed by atoms with E-state index < -0.39 is 15.8 Å². The molecule has 10 heteroatoms. The van der Waals surface area contributed by atoms with Crippen LogP contribution in [0.5, 0.6) is 11.6 Å². The number of rotatable bonds is 11. The Morgan fingerprint density at radius 2 is 1.89 bits per heavy atom. The highest BCUT2D eigenvalue weighted by molar-refractivity contribution is 7.99. The second kappa shape index (κ2) is 11.7. The lowest BCUT2D eigenvalue weighted by atomic mass is 9.94. The number of aliphatic carboxylic acids is 1. The van der Waals surface area contributed by atoms with Crippen molar-refractivity contribution in [2.45, 2.75) is 44.1 Å². The van der Waals surface area contributed by atoms with Crippen molar-refractivity contribution in [2.24, 2.45) is 0 Å². The van der Waals surface area contributed by atoms with E-state index >= 15 is 0 Å². The first-order valence-electron chi connectivity index (χ1n) is 12.2. The van der Waals surface area contributed by atoms with Gasteiger partial charge in [0.2, 0.25) is 5.88 Å². The predicted octanol–water partition coefficient (Wildman–Crippen LogP) is 5.56. The molecule has 1 atom stereocenters. The molecule has 1 aliphatic rings. The zero-order valence-electron chi connectivity index (χ0n) is 21.5. The Morgan fingerprint density at radius 1 is 1.16 bits per heavy atom. The van der Waals surface area contributed by atoms with Gasteiger partial charge in [0.1, 0.15) is 28.0 Å². The van der Waals surface area contributed by atoms with Crippen LogP contribution in [-0.2, 0) is 21.2 Å². The summed E-state index contributed by atoms with van der Waals surface area (Å²) in [6, 6.07) is 10.3. The summed E-state index contributed by atoms with van der Waals surface area (Å²) in [6.45, 7) is 4.25. The van der Waals surface area contributed by atoms with E-state index in [-0.39, 0.29) is 37.1 Å². The quantitative estimate of drug-likeness (QED) is 0.305. The van der Waals surface area contributed by atoms with Gasteiger partial charge >= 0.3 is 5.97 Å². The van der Waals surface area contributed by atoms with E-state index in [1.165, 1.54) is 12.3 Å². The minimum atomic E-state index is -3.03. The van der Waals surface area contributed by atoms with Crippen molar-refractivity contribution in [3.05, 3.63) is 70.7 Å². The summed E-state index contributed by atoms with van der Waals surface area (Å²) in [4.78, 5) is 16.4. The fourth-order valence-corrected chi connectivity index (χ4v) is 6.44. The molecule has 0 spiro atoms. The molecule has 4 rings (SSSR count). The number of hydrogen-bond acceptors (Lipinski definition) is 7. The van der Waals surface area contributed by atoms with Crippen LogP contribution < -0.4 is 9.47 Å². The summed E-state index contributed by atoms with van der Waals surface area (Å²) in [5, 5.41) is 9.10. The molecule has 1 aromatic heterocycles.